The summed E-state index contributed by atoms with van der Waals surface area (Å²) in [5, 5.41) is 5.83. The Morgan fingerprint density at radius 1 is 1.58 bits per heavy atom. The zero-order chi connectivity index (χ0) is 13.0. The smallest absolute Gasteiger partial charge is 0.250 e. The summed E-state index contributed by atoms with van der Waals surface area (Å²) in [7, 11) is 0. The van der Waals surface area contributed by atoms with Crippen molar-refractivity contribution in [3.63, 3.8) is 0 Å². The van der Waals surface area contributed by atoms with Gasteiger partial charge in [0.15, 0.2) is 0 Å². The quantitative estimate of drug-likeness (QED) is 0.878. The summed E-state index contributed by atoms with van der Waals surface area (Å²) in [4.78, 5) is 11.8. The third-order valence-corrected chi connectivity index (χ3v) is 2.92. The molecule has 6 heteroatoms. The Hall–Kier alpha value is -1.17. The maximum Gasteiger partial charge on any atom is 0.250 e. The number of carbonyl (C=O) groups is 1. The highest BCUT2D eigenvalue weighted by atomic mass is 35.5. The molecule has 2 rings (SSSR count). The largest absolute Gasteiger partial charge is 0.366 e. The van der Waals surface area contributed by atoms with E-state index in [1.807, 2.05) is 0 Å². The molecule has 1 fully saturated rings. The predicted molar refractivity (Wildman–Crippen MR) is 72.8 cm³/mol. The van der Waals surface area contributed by atoms with Crippen LogP contribution in [0.1, 0.15) is 11.1 Å². The van der Waals surface area contributed by atoms with Crippen LogP contribution in [0.2, 0.25) is 0 Å². The van der Waals surface area contributed by atoms with Gasteiger partial charge in [0.2, 0.25) is 0 Å². The molecule has 0 aromatic heterocycles. The lowest BCUT2D eigenvalue weighted by molar-refractivity contribution is -0.134. The van der Waals surface area contributed by atoms with Crippen LogP contribution in [0.15, 0.2) is 18.2 Å². The van der Waals surface area contributed by atoms with Crippen LogP contribution < -0.4 is 10.6 Å². The van der Waals surface area contributed by atoms with Crippen molar-refractivity contribution in [1.82, 2.24) is 10.6 Å². The standard InChI is InChI=1S/C13H17FN2O2.ClH/c1-9-2-3-10(6-11(9)14)7-16-13(17)12-8-15-4-5-18-12;/h2-3,6,12,15H,4-5,7-8H2,1H3,(H,16,17);1H. The van der Waals surface area contributed by atoms with Crippen molar-refractivity contribution < 1.29 is 13.9 Å². The van der Waals surface area contributed by atoms with Gasteiger partial charge in [0.05, 0.1) is 6.61 Å². The number of halogens is 2. The van der Waals surface area contributed by atoms with Crippen LogP contribution in [-0.4, -0.2) is 31.7 Å². The second-order valence-corrected chi connectivity index (χ2v) is 4.36. The minimum atomic E-state index is -0.450. The molecule has 4 nitrogen and oxygen atoms in total. The number of rotatable bonds is 3. The van der Waals surface area contributed by atoms with Gasteiger partial charge in [-0.25, -0.2) is 4.39 Å². The van der Waals surface area contributed by atoms with Gasteiger partial charge in [-0.1, -0.05) is 12.1 Å². The lowest BCUT2D eigenvalue weighted by Gasteiger charge is -2.22. The Morgan fingerprint density at radius 2 is 2.37 bits per heavy atom. The first-order chi connectivity index (χ1) is 8.66. The summed E-state index contributed by atoms with van der Waals surface area (Å²) < 4.78 is 18.6. The Kier molecular flexibility index (Phi) is 6.21. The van der Waals surface area contributed by atoms with Gasteiger partial charge in [-0.3, -0.25) is 4.79 Å². The van der Waals surface area contributed by atoms with Gasteiger partial charge in [0.1, 0.15) is 11.9 Å². The Balaban J connectivity index is 0.00000180. The summed E-state index contributed by atoms with van der Waals surface area (Å²) in [6, 6.07) is 4.95. The minimum absolute atomic E-state index is 0. The number of amides is 1. The Bertz CT molecular complexity index is 437. The van der Waals surface area contributed by atoms with E-state index in [0.29, 0.717) is 25.3 Å². The van der Waals surface area contributed by atoms with Crippen LogP contribution in [0.3, 0.4) is 0 Å². The molecule has 1 aromatic carbocycles. The van der Waals surface area contributed by atoms with Gasteiger partial charge in [-0.15, -0.1) is 12.4 Å². The summed E-state index contributed by atoms with van der Waals surface area (Å²) >= 11 is 0. The molecule has 1 unspecified atom stereocenters. The van der Waals surface area contributed by atoms with E-state index in [9.17, 15) is 9.18 Å². The number of carbonyl (C=O) groups excluding carboxylic acids is 1. The van der Waals surface area contributed by atoms with Crippen LogP contribution in [-0.2, 0) is 16.1 Å². The van der Waals surface area contributed by atoms with Crippen molar-refractivity contribution in [2.24, 2.45) is 0 Å². The van der Waals surface area contributed by atoms with Gasteiger partial charge in [-0.05, 0) is 24.1 Å². The lowest BCUT2D eigenvalue weighted by atomic mass is 10.1. The van der Waals surface area contributed by atoms with Crippen LogP contribution >= 0.6 is 12.4 Å². The van der Waals surface area contributed by atoms with E-state index in [1.165, 1.54) is 6.07 Å². The van der Waals surface area contributed by atoms with Crippen LogP contribution in [0, 0.1) is 12.7 Å². The van der Waals surface area contributed by atoms with E-state index in [4.69, 9.17) is 4.74 Å². The van der Waals surface area contributed by atoms with Crippen LogP contribution in [0.4, 0.5) is 4.39 Å². The monoisotopic (exact) mass is 288 g/mol. The van der Waals surface area contributed by atoms with Crippen molar-refractivity contribution in [2.45, 2.75) is 19.6 Å². The Morgan fingerprint density at radius 3 is 3.00 bits per heavy atom. The number of nitrogens with one attached hydrogen (secondary N) is 2. The Labute approximate surface area is 118 Å². The van der Waals surface area contributed by atoms with Crippen molar-refractivity contribution >= 4 is 18.3 Å². The van der Waals surface area contributed by atoms with Crippen molar-refractivity contribution in [2.75, 3.05) is 19.7 Å². The molecule has 19 heavy (non-hydrogen) atoms. The predicted octanol–water partition coefficient (Wildman–Crippen LogP) is 1.16. The van der Waals surface area contributed by atoms with Crippen molar-refractivity contribution in [1.29, 1.82) is 0 Å². The van der Waals surface area contributed by atoms with E-state index >= 15 is 0 Å². The normalized spacial score (nSPS) is 18.5. The molecule has 2 N–H and O–H groups in total. The molecule has 1 saturated heterocycles. The highest BCUT2D eigenvalue weighted by Crippen LogP contribution is 2.09. The molecular formula is C13H18ClFN2O2. The summed E-state index contributed by atoms with van der Waals surface area (Å²) in [5.41, 5.74) is 1.35. The van der Waals surface area contributed by atoms with Gasteiger partial charge in [0.25, 0.3) is 5.91 Å². The summed E-state index contributed by atoms with van der Waals surface area (Å²) in [6.45, 7) is 3.85. The zero-order valence-corrected chi connectivity index (χ0v) is 11.6. The number of aryl methyl sites for hydroxylation is 1. The number of hydrogen-bond acceptors (Lipinski definition) is 3. The number of benzene rings is 1. The fraction of sp³-hybridized carbons (Fsp3) is 0.462. The number of hydrogen-bond donors (Lipinski definition) is 2. The highest BCUT2D eigenvalue weighted by molar-refractivity contribution is 5.85. The molecular weight excluding hydrogens is 271 g/mol. The SMILES string of the molecule is Cc1ccc(CNC(=O)C2CNCCO2)cc1F.Cl. The molecule has 0 aliphatic carbocycles. The summed E-state index contributed by atoms with van der Waals surface area (Å²) in [6.07, 6.45) is -0.450. The van der Waals surface area contributed by atoms with Crippen LogP contribution in [0.25, 0.3) is 0 Å². The molecule has 1 aliphatic heterocycles. The first-order valence-corrected chi connectivity index (χ1v) is 6.02. The fourth-order valence-corrected chi connectivity index (χ4v) is 1.78. The molecule has 106 valence electrons. The topological polar surface area (TPSA) is 50.4 Å². The second kappa shape index (κ2) is 7.43. The van der Waals surface area contributed by atoms with Gasteiger partial charge in [0, 0.05) is 19.6 Å². The van der Waals surface area contributed by atoms with E-state index in [0.717, 1.165) is 12.1 Å². The fourth-order valence-electron chi connectivity index (χ4n) is 1.78. The zero-order valence-electron chi connectivity index (χ0n) is 10.7. The third kappa shape index (κ3) is 4.45. The number of ether oxygens (including phenoxy) is 1. The first kappa shape index (κ1) is 15.9. The van der Waals surface area contributed by atoms with E-state index in [1.54, 1.807) is 19.1 Å². The first-order valence-electron chi connectivity index (χ1n) is 6.02. The molecule has 0 spiro atoms. The summed E-state index contributed by atoms with van der Waals surface area (Å²) in [5.74, 6) is -0.416. The molecule has 0 saturated carbocycles. The average molecular weight is 289 g/mol. The lowest BCUT2D eigenvalue weighted by Crippen LogP contribution is -2.47. The van der Waals surface area contributed by atoms with Crippen LogP contribution in [0.5, 0.6) is 0 Å². The highest BCUT2D eigenvalue weighted by Gasteiger charge is 2.21. The van der Waals surface area contributed by atoms with E-state index in [2.05, 4.69) is 10.6 Å². The molecule has 1 amide bonds. The molecule has 1 atom stereocenters. The van der Waals surface area contributed by atoms with Crippen molar-refractivity contribution in [3.8, 4) is 0 Å². The van der Waals surface area contributed by atoms with E-state index in [-0.39, 0.29) is 24.1 Å². The molecule has 0 radical (unpaired) electrons. The molecule has 1 heterocycles. The van der Waals surface area contributed by atoms with Gasteiger partial charge >= 0.3 is 0 Å². The van der Waals surface area contributed by atoms with Gasteiger partial charge < -0.3 is 15.4 Å². The molecule has 0 bridgehead atoms. The number of morpholine rings is 1. The minimum Gasteiger partial charge on any atom is -0.366 e. The molecule has 1 aliphatic rings. The van der Waals surface area contributed by atoms with Gasteiger partial charge in [-0.2, -0.15) is 0 Å². The second-order valence-electron chi connectivity index (χ2n) is 4.36. The van der Waals surface area contributed by atoms with E-state index < -0.39 is 6.10 Å². The maximum absolute atomic E-state index is 13.3. The maximum atomic E-state index is 13.3. The third-order valence-electron chi connectivity index (χ3n) is 2.92. The molecule has 1 aromatic rings. The van der Waals surface area contributed by atoms with Crippen molar-refractivity contribution in [3.05, 3.63) is 35.1 Å². The average Bonchev–Trinajstić information content (AvgIpc) is 2.41.